The highest BCUT2D eigenvalue weighted by Crippen LogP contribution is 2.26. The van der Waals surface area contributed by atoms with E-state index in [2.05, 4.69) is 15.1 Å². The molecule has 0 saturated heterocycles. The van der Waals surface area contributed by atoms with E-state index in [1.807, 2.05) is 36.0 Å². The predicted molar refractivity (Wildman–Crippen MR) is 77.5 cm³/mol. The highest BCUT2D eigenvalue weighted by molar-refractivity contribution is 7.98. The van der Waals surface area contributed by atoms with Crippen LogP contribution >= 0.6 is 23.4 Å². The van der Waals surface area contributed by atoms with Crippen molar-refractivity contribution in [3.05, 3.63) is 47.6 Å². The first-order valence-electron chi connectivity index (χ1n) is 5.91. The number of hydrogen-bond acceptors (Lipinski definition) is 5. The van der Waals surface area contributed by atoms with E-state index < -0.39 is 0 Å². The van der Waals surface area contributed by atoms with Crippen molar-refractivity contribution in [2.45, 2.75) is 10.9 Å². The van der Waals surface area contributed by atoms with Crippen LogP contribution in [0.2, 0.25) is 5.02 Å². The second kappa shape index (κ2) is 5.68. The molecule has 0 atom stereocenters. The Hall–Kier alpha value is -1.79. The first-order chi connectivity index (χ1) is 9.74. The second-order valence-electron chi connectivity index (χ2n) is 4.10. The lowest BCUT2D eigenvalue weighted by Gasteiger charge is -1.97. The average molecular weight is 307 g/mol. The van der Waals surface area contributed by atoms with Gasteiger partial charge in [0.1, 0.15) is 0 Å². The van der Waals surface area contributed by atoms with Crippen LogP contribution in [0.4, 0.5) is 0 Å². The number of nitrogens with zero attached hydrogens (tertiary/aromatic N) is 4. The number of hydrogen-bond donors (Lipinski definition) is 0. The normalized spacial score (nSPS) is 10.9. The van der Waals surface area contributed by atoms with E-state index in [1.54, 1.807) is 24.0 Å². The van der Waals surface area contributed by atoms with Crippen molar-refractivity contribution in [1.82, 2.24) is 19.7 Å². The second-order valence-corrected chi connectivity index (χ2v) is 5.45. The maximum absolute atomic E-state index is 6.11. The summed E-state index contributed by atoms with van der Waals surface area (Å²) >= 11 is 7.65. The van der Waals surface area contributed by atoms with Gasteiger partial charge in [0.25, 0.3) is 0 Å². The van der Waals surface area contributed by atoms with Crippen LogP contribution in [-0.4, -0.2) is 19.7 Å². The number of halogens is 1. The van der Waals surface area contributed by atoms with Gasteiger partial charge in [-0.3, -0.25) is 0 Å². The molecular weight excluding hydrogens is 296 g/mol. The van der Waals surface area contributed by atoms with Crippen LogP contribution in [0.1, 0.15) is 5.89 Å². The Morgan fingerprint density at radius 2 is 2.20 bits per heavy atom. The molecule has 0 N–H and O–H groups in total. The molecule has 0 fully saturated rings. The lowest BCUT2D eigenvalue weighted by Crippen LogP contribution is -1.90. The summed E-state index contributed by atoms with van der Waals surface area (Å²) in [6.45, 7) is 0. The molecule has 5 nitrogen and oxygen atoms in total. The molecule has 0 unspecified atom stereocenters. The molecule has 1 aromatic carbocycles. The summed E-state index contributed by atoms with van der Waals surface area (Å²) in [5.41, 5.74) is 0.770. The van der Waals surface area contributed by atoms with E-state index in [9.17, 15) is 0 Å². The Bertz CT molecular complexity index is 724. The van der Waals surface area contributed by atoms with Crippen molar-refractivity contribution >= 4 is 23.4 Å². The largest absolute Gasteiger partial charge is 0.338 e. The van der Waals surface area contributed by atoms with Gasteiger partial charge >= 0.3 is 0 Å². The smallest absolute Gasteiger partial charge is 0.237 e. The first-order valence-corrected chi connectivity index (χ1v) is 7.28. The molecule has 3 rings (SSSR count). The molecule has 0 spiro atoms. The first kappa shape index (κ1) is 13.2. The molecule has 0 aliphatic heterocycles. The number of imidazole rings is 1. The van der Waals surface area contributed by atoms with Gasteiger partial charge in [0, 0.05) is 25.0 Å². The summed E-state index contributed by atoms with van der Waals surface area (Å²) in [7, 11) is 1.94. The fourth-order valence-corrected chi connectivity index (χ4v) is 2.67. The van der Waals surface area contributed by atoms with Gasteiger partial charge in [-0.15, -0.1) is 0 Å². The molecule has 20 heavy (non-hydrogen) atoms. The van der Waals surface area contributed by atoms with E-state index >= 15 is 0 Å². The quantitative estimate of drug-likeness (QED) is 0.691. The van der Waals surface area contributed by atoms with Crippen molar-refractivity contribution in [3.8, 4) is 11.4 Å². The Morgan fingerprint density at radius 1 is 1.35 bits per heavy atom. The molecule has 0 radical (unpaired) electrons. The molecule has 0 aliphatic carbocycles. The van der Waals surface area contributed by atoms with E-state index in [0.717, 1.165) is 10.7 Å². The molecule has 2 aromatic heterocycles. The Labute approximate surface area is 125 Å². The highest BCUT2D eigenvalue weighted by Gasteiger charge is 2.12. The van der Waals surface area contributed by atoms with Crippen molar-refractivity contribution < 1.29 is 4.52 Å². The number of rotatable bonds is 4. The van der Waals surface area contributed by atoms with Gasteiger partial charge in [-0.1, -0.05) is 40.7 Å². The molecule has 0 saturated carbocycles. The average Bonchev–Trinajstić information content (AvgIpc) is 3.06. The van der Waals surface area contributed by atoms with Crippen LogP contribution < -0.4 is 0 Å². The molecule has 0 bridgehead atoms. The third kappa shape index (κ3) is 2.71. The molecule has 0 aliphatic rings. The van der Waals surface area contributed by atoms with Gasteiger partial charge in [-0.25, -0.2) is 4.98 Å². The highest BCUT2D eigenvalue weighted by atomic mass is 35.5. The van der Waals surface area contributed by atoms with Crippen molar-refractivity contribution in [1.29, 1.82) is 0 Å². The summed E-state index contributed by atoms with van der Waals surface area (Å²) in [5.74, 6) is 1.63. The van der Waals surface area contributed by atoms with Crippen LogP contribution in [-0.2, 0) is 12.8 Å². The van der Waals surface area contributed by atoms with Gasteiger partial charge in [-0.05, 0) is 12.1 Å². The number of aromatic nitrogens is 4. The van der Waals surface area contributed by atoms with Crippen molar-refractivity contribution in [3.63, 3.8) is 0 Å². The third-order valence-corrected chi connectivity index (χ3v) is 4.06. The number of thioether (sulfide) groups is 1. The minimum Gasteiger partial charge on any atom is -0.338 e. The van der Waals surface area contributed by atoms with Gasteiger partial charge in [0.2, 0.25) is 11.7 Å². The van der Waals surface area contributed by atoms with Crippen LogP contribution in [0.3, 0.4) is 0 Å². The molecule has 102 valence electrons. The van der Waals surface area contributed by atoms with E-state index in [1.165, 1.54) is 0 Å². The molecule has 0 amide bonds. The molecule has 7 heteroatoms. The summed E-state index contributed by atoms with van der Waals surface area (Å²) < 4.78 is 7.18. The zero-order valence-electron chi connectivity index (χ0n) is 10.7. The topological polar surface area (TPSA) is 56.7 Å². The zero-order chi connectivity index (χ0) is 13.9. The minimum absolute atomic E-state index is 0.506. The molecule has 3 aromatic rings. The maximum atomic E-state index is 6.11. The van der Waals surface area contributed by atoms with E-state index in [4.69, 9.17) is 16.1 Å². The minimum atomic E-state index is 0.506. The fourth-order valence-electron chi connectivity index (χ4n) is 1.68. The van der Waals surface area contributed by atoms with Gasteiger partial charge in [0.15, 0.2) is 5.16 Å². The third-order valence-electron chi connectivity index (χ3n) is 2.68. The SMILES string of the molecule is Cn1ccnc1SCc1nc(-c2ccccc2Cl)no1. The molecule has 2 heterocycles. The molecular formula is C13H11ClN4OS. The van der Waals surface area contributed by atoms with Gasteiger partial charge in [-0.2, -0.15) is 4.98 Å². The Kier molecular flexibility index (Phi) is 3.75. The van der Waals surface area contributed by atoms with Crippen molar-refractivity contribution in [2.75, 3.05) is 0 Å². The lowest BCUT2D eigenvalue weighted by molar-refractivity contribution is 0.391. The standard InChI is InChI=1S/C13H11ClN4OS/c1-18-7-6-15-13(18)20-8-11-16-12(17-19-11)9-4-2-3-5-10(9)14/h2-7H,8H2,1H3. The van der Waals surface area contributed by atoms with Crippen LogP contribution in [0.15, 0.2) is 46.3 Å². The monoisotopic (exact) mass is 306 g/mol. The number of benzene rings is 1. The summed E-state index contributed by atoms with van der Waals surface area (Å²) in [6.07, 6.45) is 3.65. The number of aryl methyl sites for hydroxylation is 1. The van der Waals surface area contributed by atoms with Crippen LogP contribution in [0, 0.1) is 0 Å². The lowest BCUT2D eigenvalue weighted by atomic mass is 10.2. The summed E-state index contributed by atoms with van der Waals surface area (Å²) in [6, 6.07) is 7.42. The Morgan fingerprint density at radius 3 is 2.95 bits per heavy atom. The van der Waals surface area contributed by atoms with Gasteiger partial charge in [0.05, 0.1) is 10.8 Å². The van der Waals surface area contributed by atoms with Gasteiger partial charge < -0.3 is 9.09 Å². The zero-order valence-corrected chi connectivity index (χ0v) is 12.2. The Balaban J connectivity index is 1.74. The van der Waals surface area contributed by atoms with Crippen LogP contribution in [0.5, 0.6) is 0 Å². The predicted octanol–water partition coefficient (Wildman–Crippen LogP) is 3.42. The fraction of sp³-hybridized carbons (Fsp3) is 0.154. The van der Waals surface area contributed by atoms with Crippen LogP contribution in [0.25, 0.3) is 11.4 Å². The summed E-state index contributed by atoms with van der Waals surface area (Å²) in [5, 5.41) is 5.47. The van der Waals surface area contributed by atoms with E-state index in [0.29, 0.717) is 22.5 Å². The van der Waals surface area contributed by atoms with Crippen molar-refractivity contribution in [2.24, 2.45) is 7.05 Å². The maximum Gasteiger partial charge on any atom is 0.237 e. The van der Waals surface area contributed by atoms with E-state index in [-0.39, 0.29) is 0 Å². The summed E-state index contributed by atoms with van der Waals surface area (Å²) in [4.78, 5) is 8.58.